The van der Waals surface area contributed by atoms with Crippen LogP contribution >= 0.6 is 0 Å². The number of carbonyl (C=O) groups is 2. The summed E-state index contributed by atoms with van der Waals surface area (Å²) in [6.07, 6.45) is 0. The van der Waals surface area contributed by atoms with Gasteiger partial charge in [0, 0.05) is 29.7 Å². The average Bonchev–Trinajstić information content (AvgIpc) is 2.95. The number of fused-ring (bicyclic) bond motifs is 1. The Morgan fingerprint density at radius 1 is 1.04 bits per heavy atom. The quantitative estimate of drug-likeness (QED) is 0.763. The maximum Gasteiger partial charge on any atom is 0.295 e. The van der Waals surface area contributed by atoms with Gasteiger partial charge in [0.05, 0.1) is 0 Å². The van der Waals surface area contributed by atoms with Gasteiger partial charge in [0.1, 0.15) is 0 Å². The number of nitrogens with one attached hydrogen (secondary N) is 2. The topological polar surface area (TPSA) is 101 Å². The molecule has 0 aliphatic rings. The van der Waals surface area contributed by atoms with Gasteiger partial charge in [-0.1, -0.05) is 6.07 Å². The Morgan fingerprint density at radius 2 is 1.72 bits per heavy atom. The number of aromatic nitrogens is 4. The second kappa shape index (κ2) is 6.31. The second-order valence-electron chi connectivity index (χ2n) is 5.80. The SMILES string of the molecule is CC(=O)Nc1cccc(NC(=O)c2nc3nc(C)cc(C)n3n2)c1C. The average molecular weight is 338 g/mol. The highest BCUT2D eigenvalue weighted by molar-refractivity contribution is 6.03. The van der Waals surface area contributed by atoms with Crippen molar-refractivity contribution in [2.45, 2.75) is 27.7 Å². The van der Waals surface area contributed by atoms with E-state index in [9.17, 15) is 9.59 Å². The minimum absolute atomic E-state index is 0.0329. The van der Waals surface area contributed by atoms with Crippen LogP contribution in [0.25, 0.3) is 5.78 Å². The first-order valence-corrected chi connectivity index (χ1v) is 7.74. The first-order valence-electron chi connectivity index (χ1n) is 7.74. The molecule has 25 heavy (non-hydrogen) atoms. The number of nitrogens with zero attached hydrogens (tertiary/aromatic N) is 4. The van der Waals surface area contributed by atoms with Crippen molar-refractivity contribution < 1.29 is 9.59 Å². The van der Waals surface area contributed by atoms with E-state index < -0.39 is 5.91 Å². The summed E-state index contributed by atoms with van der Waals surface area (Å²) in [5.74, 6) is -0.201. The van der Waals surface area contributed by atoms with Crippen LogP contribution in [-0.2, 0) is 4.79 Å². The standard InChI is InChI=1S/C17H18N6O2/c1-9-8-10(2)23-17(18-9)21-15(22-23)16(25)20-14-7-5-6-13(11(14)3)19-12(4)24/h5-8H,1-4H3,(H,19,24)(H,20,25). The molecule has 3 rings (SSSR count). The van der Waals surface area contributed by atoms with E-state index in [-0.39, 0.29) is 11.7 Å². The van der Waals surface area contributed by atoms with Crippen molar-refractivity contribution in [3.05, 3.63) is 47.0 Å². The monoisotopic (exact) mass is 338 g/mol. The van der Waals surface area contributed by atoms with E-state index in [0.29, 0.717) is 17.2 Å². The molecule has 0 saturated carbocycles. The Hall–Kier alpha value is -3.29. The van der Waals surface area contributed by atoms with Crippen molar-refractivity contribution in [1.29, 1.82) is 0 Å². The molecule has 0 aliphatic carbocycles. The number of hydrogen-bond donors (Lipinski definition) is 2. The predicted octanol–water partition coefficient (Wildman–Crippen LogP) is 2.26. The van der Waals surface area contributed by atoms with Crippen molar-refractivity contribution in [2.24, 2.45) is 0 Å². The smallest absolute Gasteiger partial charge is 0.295 e. The third kappa shape index (κ3) is 3.32. The van der Waals surface area contributed by atoms with Crippen LogP contribution in [-0.4, -0.2) is 31.4 Å². The Morgan fingerprint density at radius 3 is 2.40 bits per heavy atom. The fourth-order valence-electron chi connectivity index (χ4n) is 2.54. The maximum absolute atomic E-state index is 12.5. The van der Waals surface area contributed by atoms with Gasteiger partial charge in [-0.25, -0.2) is 9.50 Å². The lowest BCUT2D eigenvalue weighted by atomic mass is 10.1. The number of anilines is 2. The fourth-order valence-corrected chi connectivity index (χ4v) is 2.54. The van der Waals surface area contributed by atoms with Crippen LogP contribution < -0.4 is 10.6 Å². The van der Waals surface area contributed by atoms with Gasteiger partial charge in [-0.15, -0.1) is 5.10 Å². The minimum atomic E-state index is -0.439. The highest BCUT2D eigenvalue weighted by atomic mass is 16.2. The van der Waals surface area contributed by atoms with Gasteiger partial charge in [0.2, 0.25) is 11.7 Å². The Bertz CT molecular complexity index is 992. The minimum Gasteiger partial charge on any atom is -0.326 e. The second-order valence-corrected chi connectivity index (χ2v) is 5.80. The number of rotatable bonds is 3. The lowest BCUT2D eigenvalue weighted by Crippen LogP contribution is -2.16. The molecule has 0 aliphatic heterocycles. The van der Waals surface area contributed by atoms with E-state index in [4.69, 9.17) is 0 Å². The molecule has 0 radical (unpaired) electrons. The van der Waals surface area contributed by atoms with Gasteiger partial charge < -0.3 is 10.6 Å². The van der Waals surface area contributed by atoms with Crippen LogP contribution in [0.15, 0.2) is 24.3 Å². The highest BCUT2D eigenvalue weighted by Gasteiger charge is 2.16. The zero-order valence-corrected chi connectivity index (χ0v) is 14.4. The molecule has 2 N–H and O–H groups in total. The van der Waals surface area contributed by atoms with E-state index in [0.717, 1.165) is 17.0 Å². The maximum atomic E-state index is 12.5. The van der Waals surface area contributed by atoms with Crippen LogP contribution in [0.2, 0.25) is 0 Å². The summed E-state index contributed by atoms with van der Waals surface area (Å²) >= 11 is 0. The summed E-state index contributed by atoms with van der Waals surface area (Å²) < 4.78 is 1.53. The molecule has 1 aromatic carbocycles. The normalized spacial score (nSPS) is 10.7. The van der Waals surface area contributed by atoms with E-state index in [2.05, 4.69) is 25.7 Å². The van der Waals surface area contributed by atoms with E-state index >= 15 is 0 Å². The molecule has 0 atom stereocenters. The molecular formula is C17H18N6O2. The molecule has 0 saturated heterocycles. The van der Waals surface area contributed by atoms with Gasteiger partial charge >= 0.3 is 0 Å². The van der Waals surface area contributed by atoms with Crippen LogP contribution in [0.5, 0.6) is 0 Å². The summed E-state index contributed by atoms with van der Waals surface area (Å²) in [4.78, 5) is 32.2. The number of aryl methyl sites for hydroxylation is 2. The molecule has 0 spiro atoms. The van der Waals surface area contributed by atoms with Crippen molar-refractivity contribution in [3.8, 4) is 0 Å². The molecule has 128 valence electrons. The molecule has 8 heteroatoms. The predicted molar refractivity (Wildman–Crippen MR) is 93.7 cm³/mol. The number of amides is 2. The molecule has 3 aromatic rings. The molecule has 2 heterocycles. The van der Waals surface area contributed by atoms with Gasteiger partial charge in [-0.05, 0) is 44.5 Å². The van der Waals surface area contributed by atoms with Crippen LogP contribution in [0.1, 0.15) is 34.5 Å². The van der Waals surface area contributed by atoms with E-state index in [1.807, 2.05) is 26.8 Å². The van der Waals surface area contributed by atoms with Crippen LogP contribution in [0.4, 0.5) is 11.4 Å². The summed E-state index contributed by atoms with van der Waals surface area (Å²) in [5.41, 5.74) is 3.62. The number of hydrogen-bond acceptors (Lipinski definition) is 5. The largest absolute Gasteiger partial charge is 0.326 e. The summed E-state index contributed by atoms with van der Waals surface area (Å²) in [7, 11) is 0. The molecule has 2 aromatic heterocycles. The van der Waals surface area contributed by atoms with Crippen molar-refractivity contribution in [2.75, 3.05) is 10.6 Å². The lowest BCUT2D eigenvalue weighted by molar-refractivity contribution is -0.114. The summed E-state index contributed by atoms with van der Waals surface area (Å²) in [5, 5.41) is 9.72. The van der Waals surface area contributed by atoms with Crippen molar-refractivity contribution in [1.82, 2.24) is 19.6 Å². The van der Waals surface area contributed by atoms with Gasteiger partial charge in [0.15, 0.2) is 0 Å². The van der Waals surface area contributed by atoms with E-state index in [1.165, 1.54) is 11.4 Å². The summed E-state index contributed by atoms with van der Waals surface area (Å²) in [6, 6.07) is 7.14. The first kappa shape index (κ1) is 16.6. The van der Waals surface area contributed by atoms with Crippen molar-refractivity contribution >= 4 is 29.0 Å². The van der Waals surface area contributed by atoms with E-state index in [1.54, 1.807) is 18.2 Å². The molecule has 8 nitrogen and oxygen atoms in total. The Balaban J connectivity index is 1.90. The number of carbonyl (C=O) groups excluding carboxylic acids is 2. The lowest BCUT2D eigenvalue weighted by Gasteiger charge is -2.11. The van der Waals surface area contributed by atoms with Crippen molar-refractivity contribution in [3.63, 3.8) is 0 Å². The molecule has 0 fully saturated rings. The first-order chi connectivity index (χ1) is 11.8. The van der Waals surface area contributed by atoms with Crippen LogP contribution in [0, 0.1) is 20.8 Å². The molecule has 0 unspecified atom stereocenters. The zero-order valence-electron chi connectivity index (χ0n) is 14.4. The summed E-state index contributed by atoms with van der Waals surface area (Å²) in [6.45, 7) is 6.98. The molecular weight excluding hydrogens is 320 g/mol. The third-order valence-electron chi connectivity index (χ3n) is 3.71. The number of benzene rings is 1. The molecule has 2 amide bonds. The van der Waals surface area contributed by atoms with Gasteiger partial charge in [-0.3, -0.25) is 9.59 Å². The Kier molecular flexibility index (Phi) is 4.18. The fraction of sp³-hybridized carbons (Fsp3) is 0.235. The van der Waals surface area contributed by atoms with Gasteiger partial charge in [-0.2, -0.15) is 4.98 Å². The third-order valence-corrected chi connectivity index (χ3v) is 3.71. The van der Waals surface area contributed by atoms with Crippen LogP contribution in [0.3, 0.4) is 0 Å². The Labute approximate surface area is 144 Å². The molecule has 0 bridgehead atoms. The van der Waals surface area contributed by atoms with Gasteiger partial charge in [0.25, 0.3) is 11.7 Å². The highest BCUT2D eigenvalue weighted by Crippen LogP contribution is 2.23. The zero-order chi connectivity index (χ0) is 18.1.